The summed E-state index contributed by atoms with van der Waals surface area (Å²) in [7, 11) is 0. The zero-order valence-corrected chi connectivity index (χ0v) is 15.2. The second-order valence-corrected chi connectivity index (χ2v) is 7.27. The number of aromatic nitrogens is 3. The number of carbonyl (C=O) groups excluding carboxylic acids is 1. The minimum absolute atomic E-state index is 0.119. The largest absolute Gasteiger partial charge is 0.488 e. The van der Waals surface area contributed by atoms with Crippen molar-refractivity contribution in [2.24, 2.45) is 0 Å². The van der Waals surface area contributed by atoms with Gasteiger partial charge in [0.2, 0.25) is 0 Å². The molecule has 1 fully saturated rings. The Kier molecular flexibility index (Phi) is 4.11. The zero-order valence-electron chi connectivity index (χ0n) is 15.2. The Morgan fingerprint density at radius 3 is 3.04 bits per heavy atom. The predicted octanol–water partition coefficient (Wildman–Crippen LogP) is 2.91. The van der Waals surface area contributed by atoms with Gasteiger partial charge in [-0.15, -0.1) is 0 Å². The number of nitrogens with one attached hydrogen (secondary N) is 2. The van der Waals surface area contributed by atoms with Crippen molar-refractivity contribution >= 4 is 17.4 Å². The highest BCUT2D eigenvalue weighted by atomic mass is 19.1. The number of fused-ring (bicyclic) bond motifs is 3. The van der Waals surface area contributed by atoms with Crippen LogP contribution in [0.4, 0.5) is 10.2 Å². The van der Waals surface area contributed by atoms with Gasteiger partial charge in [0.25, 0.3) is 5.91 Å². The van der Waals surface area contributed by atoms with Crippen molar-refractivity contribution < 1.29 is 13.9 Å². The Labute approximate surface area is 160 Å². The Balaban J connectivity index is 1.60. The van der Waals surface area contributed by atoms with E-state index in [0.717, 1.165) is 25.7 Å². The van der Waals surface area contributed by atoms with E-state index >= 15 is 0 Å². The molecule has 0 spiro atoms. The Morgan fingerprint density at radius 1 is 1.21 bits per heavy atom. The normalized spacial score (nSPS) is 22.0. The highest BCUT2D eigenvalue weighted by molar-refractivity contribution is 6.00. The first-order valence-electron chi connectivity index (χ1n) is 9.51. The number of amides is 1. The van der Waals surface area contributed by atoms with Crippen molar-refractivity contribution in [2.75, 3.05) is 5.32 Å². The number of nitrogens with zero attached hydrogens (tertiary/aromatic N) is 3. The summed E-state index contributed by atoms with van der Waals surface area (Å²) in [5.41, 5.74) is 1.62. The molecule has 2 bridgehead atoms. The molecule has 2 aromatic heterocycles. The van der Waals surface area contributed by atoms with Gasteiger partial charge < -0.3 is 15.4 Å². The average Bonchev–Trinajstić information content (AvgIpc) is 3.12. The summed E-state index contributed by atoms with van der Waals surface area (Å²) < 4.78 is 21.7. The van der Waals surface area contributed by atoms with E-state index in [2.05, 4.69) is 20.7 Å². The first kappa shape index (κ1) is 17.0. The SMILES string of the molecule is O=C1N[C@@H]2CCCC[C@@H]2Oc2ccc(F)cc2CNc2ccn3ncc1c3n2. The van der Waals surface area contributed by atoms with Gasteiger partial charge in [-0.1, -0.05) is 6.42 Å². The summed E-state index contributed by atoms with van der Waals surface area (Å²) in [6, 6.07) is 6.17. The monoisotopic (exact) mass is 381 g/mol. The van der Waals surface area contributed by atoms with Crippen LogP contribution in [0.25, 0.3) is 5.65 Å². The van der Waals surface area contributed by atoms with Gasteiger partial charge in [-0.05, 0) is 43.5 Å². The summed E-state index contributed by atoms with van der Waals surface area (Å²) in [5.74, 6) is 0.680. The zero-order chi connectivity index (χ0) is 19.1. The molecule has 5 rings (SSSR count). The second-order valence-electron chi connectivity index (χ2n) is 7.27. The van der Waals surface area contributed by atoms with Crippen molar-refractivity contribution in [1.82, 2.24) is 19.9 Å². The molecule has 2 N–H and O–H groups in total. The molecule has 8 heteroatoms. The summed E-state index contributed by atoms with van der Waals surface area (Å²) in [5, 5.41) is 10.5. The Hall–Kier alpha value is -3.16. The molecule has 1 saturated carbocycles. The fourth-order valence-corrected chi connectivity index (χ4v) is 3.93. The molecule has 2 atom stereocenters. The number of hydrogen-bond acceptors (Lipinski definition) is 5. The molecule has 3 aromatic rings. The van der Waals surface area contributed by atoms with Crippen LogP contribution in [0.5, 0.6) is 5.75 Å². The minimum atomic E-state index is -0.316. The summed E-state index contributed by atoms with van der Waals surface area (Å²) in [6.45, 7) is 0.360. The van der Waals surface area contributed by atoms with Crippen molar-refractivity contribution in [3.8, 4) is 5.75 Å². The number of rotatable bonds is 0. The first-order valence-corrected chi connectivity index (χ1v) is 9.51. The molecule has 2 aliphatic rings. The molecule has 144 valence electrons. The van der Waals surface area contributed by atoms with Gasteiger partial charge in [0.05, 0.1) is 12.2 Å². The lowest BCUT2D eigenvalue weighted by Gasteiger charge is -2.33. The van der Waals surface area contributed by atoms with Crippen LogP contribution in [-0.4, -0.2) is 32.7 Å². The number of benzene rings is 1. The second kappa shape index (κ2) is 6.78. The van der Waals surface area contributed by atoms with E-state index in [0.29, 0.717) is 34.9 Å². The smallest absolute Gasteiger partial charge is 0.257 e. The van der Waals surface area contributed by atoms with Crippen molar-refractivity contribution in [3.63, 3.8) is 0 Å². The van der Waals surface area contributed by atoms with Crippen LogP contribution in [0.3, 0.4) is 0 Å². The molecule has 0 saturated heterocycles. The highest BCUT2D eigenvalue weighted by Crippen LogP contribution is 2.28. The van der Waals surface area contributed by atoms with E-state index in [1.807, 2.05) is 0 Å². The van der Waals surface area contributed by atoms with Crippen molar-refractivity contribution in [2.45, 2.75) is 44.4 Å². The average molecular weight is 381 g/mol. The van der Waals surface area contributed by atoms with Crippen LogP contribution in [0.15, 0.2) is 36.7 Å². The van der Waals surface area contributed by atoms with Gasteiger partial charge in [0, 0.05) is 18.3 Å². The van der Waals surface area contributed by atoms with E-state index in [1.54, 1.807) is 22.8 Å². The van der Waals surface area contributed by atoms with E-state index in [-0.39, 0.29) is 23.9 Å². The fourth-order valence-electron chi connectivity index (χ4n) is 3.93. The third-order valence-corrected chi connectivity index (χ3v) is 5.39. The van der Waals surface area contributed by atoms with E-state index in [9.17, 15) is 9.18 Å². The van der Waals surface area contributed by atoms with Crippen LogP contribution in [-0.2, 0) is 6.54 Å². The van der Waals surface area contributed by atoms with E-state index in [4.69, 9.17) is 4.74 Å². The third-order valence-electron chi connectivity index (χ3n) is 5.39. The predicted molar refractivity (Wildman–Crippen MR) is 101 cm³/mol. The lowest BCUT2D eigenvalue weighted by Crippen LogP contribution is -2.47. The van der Waals surface area contributed by atoms with Gasteiger partial charge in [-0.3, -0.25) is 4.79 Å². The maximum Gasteiger partial charge on any atom is 0.257 e. The van der Waals surface area contributed by atoms with Gasteiger partial charge in [0.15, 0.2) is 5.65 Å². The number of hydrogen-bond donors (Lipinski definition) is 2. The topological polar surface area (TPSA) is 80.5 Å². The summed E-state index contributed by atoms with van der Waals surface area (Å²) >= 11 is 0. The van der Waals surface area contributed by atoms with Gasteiger partial charge in [-0.25, -0.2) is 13.9 Å². The maximum atomic E-state index is 13.9. The lowest BCUT2D eigenvalue weighted by molar-refractivity contribution is 0.0797. The minimum Gasteiger partial charge on any atom is -0.488 e. The van der Waals surface area contributed by atoms with Gasteiger partial charge in [-0.2, -0.15) is 5.10 Å². The number of halogens is 1. The Morgan fingerprint density at radius 2 is 2.11 bits per heavy atom. The van der Waals surface area contributed by atoms with Crippen LogP contribution in [0, 0.1) is 5.82 Å². The Bertz CT molecular complexity index is 1050. The van der Waals surface area contributed by atoms with E-state index < -0.39 is 0 Å². The highest BCUT2D eigenvalue weighted by Gasteiger charge is 2.30. The maximum absolute atomic E-state index is 13.9. The molecule has 1 amide bonds. The fraction of sp³-hybridized carbons (Fsp3) is 0.350. The third kappa shape index (κ3) is 3.04. The molecule has 28 heavy (non-hydrogen) atoms. The van der Waals surface area contributed by atoms with Crippen molar-refractivity contribution in [1.29, 1.82) is 0 Å². The summed E-state index contributed by atoms with van der Waals surface area (Å²) in [4.78, 5) is 17.4. The van der Waals surface area contributed by atoms with Crippen LogP contribution < -0.4 is 15.4 Å². The van der Waals surface area contributed by atoms with Crippen LogP contribution >= 0.6 is 0 Å². The molecule has 0 unspecified atom stereocenters. The molecular weight excluding hydrogens is 361 g/mol. The number of anilines is 1. The first-order chi connectivity index (χ1) is 13.7. The van der Waals surface area contributed by atoms with Gasteiger partial charge in [0.1, 0.15) is 29.1 Å². The number of ether oxygens (including phenoxy) is 1. The standard InChI is InChI=1S/C20H20FN5O2/c21-13-5-6-16-12(9-13)10-22-18-7-8-26-19(25-18)14(11-23-26)20(27)24-15-3-1-2-4-17(15)28-16/h5-9,11,15,17H,1-4,10H2,(H,22,25)(H,24,27)/t15-,17+/m1/s1. The quantitative estimate of drug-likeness (QED) is 0.626. The lowest BCUT2D eigenvalue weighted by atomic mass is 9.92. The number of carbonyl (C=O) groups is 1. The molecule has 1 aliphatic carbocycles. The van der Waals surface area contributed by atoms with Crippen LogP contribution in [0.2, 0.25) is 0 Å². The van der Waals surface area contributed by atoms with Gasteiger partial charge >= 0.3 is 0 Å². The van der Waals surface area contributed by atoms with Crippen LogP contribution in [0.1, 0.15) is 41.6 Å². The summed E-state index contributed by atoms with van der Waals surface area (Å²) in [6.07, 6.45) is 6.85. The molecule has 7 nitrogen and oxygen atoms in total. The molecule has 1 aliphatic heterocycles. The molecule has 1 aromatic carbocycles. The molecule has 3 heterocycles. The van der Waals surface area contributed by atoms with E-state index in [1.165, 1.54) is 18.3 Å². The molecular formula is C20H20FN5O2. The van der Waals surface area contributed by atoms with Crippen molar-refractivity contribution in [3.05, 3.63) is 53.6 Å². The molecule has 0 radical (unpaired) electrons.